The Bertz CT molecular complexity index is 1440. The Hall–Kier alpha value is -2.33. The smallest absolute Gasteiger partial charge is 0.250 e. The van der Waals surface area contributed by atoms with Crippen LogP contribution in [-0.2, 0) is 26.2 Å². The molecule has 3 aromatic rings. The van der Waals surface area contributed by atoms with Crippen LogP contribution >= 0.6 is 36.4 Å². The van der Waals surface area contributed by atoms with E-state index >= 15 is 0 Å². The predicted octanol–water partition coefficient (Wildman–Crippen LogP) is 3.94. The van der Waals surface area contributed by atoms with Crippen molar-refractivity contribution in [2.24, 2.45) is 5.92 Å². The van der Waals surface area contributed by atoms with Crippen LogP contribution in [0.4, 0.5) is 0 Å². The summed E-state index contributed by atoms with van der Waals surface area (Å²) in [5.41, 5.74) is 1.90. The van der Waals surface area contributed by atoms with Crippen molar-refractivity contribution in [3.05, 3.63) is 96.9 Å². The molecule has 2 fully saturated rings. The molecule has 216 valence electrons. The number of pyridine rings is 1. The molecule has 2 aromatic heterocycles. The van der Waals surface area contributed by atoms with Crippen LogP contribution in [0.1, 0.15) is 35.1 Å². The first-order chi connectivity index (χ1) is 18.4. The lowest BCUT2D eigenvalue weighted by molar-refractivity contribution is 0.100. The van der Waals surface area contributed by atoms with Crippen LogP contribution in [0.2, 0.25) is 5.02 Å². The van der Waals surface area contributed by atoms with E-state index in [1.807, 2.05) is 28.8 Å². The molecule has 11 heteroatoms. The van der Waals surface area contributed by atoms with Crippen LogP contribution in [0.15, 0.2) is 62.5 Å². The molecule has 5 heterocycles. The molecular formula is C29H35Cl3N4O4. The molecule has 6 rings (SSSR count). The van der Waals surface area contributed by atoms with E-state index in [0.29, 0.717) is 36.4 Å². The van der Waals surface area contributed by atoms with Crippen LogP contribution in [0.25, 0.3) is 0 Å². The molecule has 2 atom stereocenters. The first kappa shape index (κ1) is 30.6. The molecular weight excluding hydrogens is 575 g/mol. The van der Waals surface area contributed by atoms with Gasteiger partial charge in [0.25, 0.3) is 5.56 Å². The first-order valence-corrected chi connectivity index (χ1v) is 13.8. The normalized spacial score (nSPS) is 21.2. The molecule has 2 unspecified atom stereocenters. The molecule has 8 nitrogen and oxygen atoms in total. The topological polar surface area (TPSA) is 82.2 Å². The van der Waals surface area contributed by atoms with Crippen molar-refractivity contribution in [3.8, 4) is 5.75 Å². The summed E-state index contributed by atoms with van der Waals surface area (Å²) in [6.45, 7) is 7.48. The molecule has 3 aliphatic heterocycles. The van der Waals surface area contributed by atoms with Gasteiger partial charge in [-0.15, -0.1) is 24.8 Å². The van der Waals surface area contributed by atoms with Gasteiger partial charge in [-0.1, -0.05) is 35.9 Å². The summed E-state index contributed by atoms with van der Waals surface area (Å²) in [7, 11) is 0. The number of piperidine rings is 1. The number of likely N-dealkylation sites (tertiary alicyclic amines) is 1. The molecule has 1 aromatic carbocycles. The van der Waals surface area contributed by atoms with Gasteiger partial charge in [-0.25, -0.2) is 0 Å². The molecule has 0 radical (unpaired) electrons. The number of hydrogen-bond acceptors (Lipinski definition) is 7. The van der Waals surface area contributed by atoms with Crippen molar-refractivity contribution in [2.75, 3.05) is 39.3 Å². The van der Waals surface area contributed by atoms with Gasteiger partial charge in [0.05, 0.1) is 13.1 Å². The lowest BCUT2D eigenvalue weighted by Crippen LogP contribution is -2.46. The second kappa shape index (κ2) is 13.1. The van der Waals surface area contributed by atoms with E-state index in [1.165, 1.54) is 6.07 Å². The van der Waals surface area contributed by atoms with Crippen LogP contribution < -0.4 is 11.0 Å². The zero-order valence-corrected chi connectivity index (χ0v) is 24.6. The minimum Gasteiger partial charge on any atom is -0.502 e. The second-order valence-electron chi connectivity index (χ2n) is 10.9. The Morgan fingerprint density at radius 3 is 2.33 bits per heavy atom. The maximum atomic E-state index is 12.6. The molecule has 0 spiro atoms. The van der Waals surface area contributed by atoms with Crippen molar-refractivity contribution >= 4 is 36.4 Å². The van der Waals surface area contributed by atoms with E-state index in [4.69, 9.17) is 16.0 Å². The third-order valence-electron chi connectivity index (χ3n) is 8.16. The first-order valence-electron chi connectivity index (χ1n) is 13.4. The SMILES string of the molecule is Cl.Cl.O=c1cc(CN2CC3CC(C2)c2cccc(=O)n2C3)oc(CN2CCN(Cc3ccccc3Cl)CC2)c1O. The summed E-state index contributed by atoms with van der Waals surface area (Å²) < 4.78 is 8.04. The van der Waals surface area contributed by atoms with Crippen molar-refractivity contribution in [1.29, 1.82) is 0 Å². The van der Waals surface area contributed by atoms with E-state index in [-0.39, 0.29) is 36.1 Å². The average Bonchev–Trinajstić information content (AvgIpc) is 2.90. The zero-order valence-electron chi connectivity index (χ0n) is 22.2. The van der Waals surface area contributed by atoms with Gasteiger partial charge in [-0.2, -0.15) is 0 Å². The Labute approximate surface area is 251 Å². The number of halogens is 3. The van der Waals surface area contributed by atoms with Gasteiger partial charge in [0.2, 0.25) is 11.2 Å². The summed E-state index contributed by atoms with van der Waals surface area (Å²) in [5.74, 6) is 1.30. The molecule has 0 aliphatic carbocycles. The fraction of sp³-hybridized carbons (Fsp3) is 0.448. The summed E-state index contributed by atoms with van der Waals surface area (Å²) in [5, 5.41) is 11.3. The number of piperazine rings is 1. The maximum Gasteiger partial charge on any atom is 0.250 e. The predicted molar refractivity (Wildman–Crippen MR) is 160 cm³/mol. The highest BCUT2D eigenvalue weighted by atomic mass is 35.5. The van der Waals surface area contributed by atoms with Crippen molar-refractivity contribution in [1.82, 2.24) is 19.3 Å². The summed E-state index contributed by atoms with van der Waals surface area (Å²) in [6, 6.07) is 14.9. The third-order valence-corrected chi connectivity index (χ3v) is 8.53. The van der Waals surface area contributed by atoms with Gasteiger partial charge in [0.15, 0.2) is 5.76 Å². The average molecular weight is 610 g/mol. The molecule has 1 N–H and O–H groups in total. The lowest BCUT2D eigenvalue weighted by atomic mass is 9.83. The third kappa shape index (κ3) is 6.59. The minimum absolute atomic E-state index is 0. The molecule has 0 saturated carbocycles. The highest BCUT2D eigenvalue weighted by Gasteiger charge is 2.34. The van der Waals surface area contributed by atoms with Gasteiger partial charge in [0.1, 0.15) is 5.76 Å². The number of fused-ring (bicyclic) bond motifs is 4. The monoisotopic (exact) mass is 608 g/mol. The number of benzene rings is 1. The number of aromatic nitrogens is 1. The van der Waals surface area contributed by atoms with Crippen molar-refractivity contribution in [2.45, 2.75) is 38.5 Å². The Balaban J connectivity index is 0.00000185. The Kier molecular flexibility index (Phi) is 10.0. The molecule has 40 heavy (non-hydrogen) atoms. The number of rotatable bonds is 6. The van der Waals surface area contributed by atoms with Crippen LogP contribution in [0.3, 0.4) is 0 Å². The zero-order chi connectivity index (χ0) is 26.2. The van der Waals surface area contributed by atoms with Crippen molar-refractivity contribution in [3.63, 3.8) is 0 Å². The Morgan fingerprint density at radius 2 is 1.57 bits per heavy atom. The highest BCUT2D eigenvalue weighted by Crippen LogP contribution is 2.35. The van der Waals surface area contributed by atoms with Gasteiger partial charge in [0, 0.05) is 81.1 Å². The fourth-order valence-electron chi connectivity index (χ4n) is 6.29. The number of hydrogen-bond donors (Lipinski definition) is 1. The highest BCUT2D eigenvalue weighted by molar-refractivity contribution is 6.31. The lowest BCUT2D eigenvalue weighted by Gasteiger charge is -2.42. The summed E-state index contributed by atoms with van der Waals surface area (Å²) >= 11 is 6.33. The second-order valence-corrected chi connectivity index (χ2v) is 11.3. The summed E-state index contributed by atoms with van der Waals surface area (Å²) in [4.78, 5) is 31.8. The standard InChI is InChI=1S/C29H33ClN4O4.2ClH/c30-24-5-2-1-4-21(24)16-31-8-10-32(11-9-31)19-27-29(37)26(35)13-23(38-27)18-33-14-20-12-22(17-33)25-6-3-7-28(36)34(25)15-20;;/h1-7,13,20,22,37H,8-12,14-19H2;2*1H. The van der Waals surface area contributed by atoms with Gasteiger partial charge >= 0.3 is 0 Å². The van der Waals surface area contributed by atoms with Gasteiger partial charge in [-0.3, -0.25) is 24.3 Å². The largest absolute Gasteiger partial charge is 0.502 e. The molecule has 0 amide bonds. The van der Waals surface area contributed by atoms with Gasteiger partial charge < -0.3 is 14.1 Å². The van der Waals surface area contributed by atoms with E-state index in [0.717, 1.165) is 75.1 Å². The quantitative estimate of drug-likeness (QED) is 0.453. The number of aromatic hydroxyl groups is 1. The van der Waals surface area contributed by atoms with E-state index in [9.17, 15) is 14.7 Å². The van der Waals surface area contributed by atoms with E-state index in [1.54, 1.807) is 6.07 Å². The molecule has 3 aliphatic rings. The van der Waals surface area contributed by atoms with Crippen molar-refractivity contribution < 1.29 is 9.52 Å². The minimum atomic E-state index is -0.396. The van der Waals surface area contributed by atoms with Gasteiger partial charge in [-0.05, 0) is 30.0 Å². The maximum absolute atomic E-state index is 12.6. The van der Waals surface area contributed by atoms with Crippen LogP contribution in [0, 0.1) is 5.92 Å². The van der Waals surface area contributed by atoms with E-state index < -0.39 is 5.43 Å². The fourth-order valence-corrected chi connectivity index (χ4v) is 6.49. The number of nitrogens with zero attached hydrogens (tertiary/aromatic N) is 4. The van der Waals surface area contributed by atoms with Crippen LogP contribution in [0.5, 0.6) is 5.75 Å². The van der Waals surface area contributed by atoms with Crippen LogP contribution in [-0.4, -0.2) is 63.6 Å². The van der Waals surface area contributed by atoms with E-state index in [2.05, 4.69) is 26.8 Å². The Morgan fingerprint density at radius 1 is 0.850 bits per heavy atom. The molecule has 2 bridgehead atoms. The summed E-state index contributed by atoms with van der Waals surface area (Å²) in [6.07, 6.45) is 1.08. The molecule has 2 saturated heterocycles.